The van der Waals surface area contributed by atoms with E-state index in [2.05, 4.69) is 50.3 Å². The molecule has 0 aliphatic carbocycles. The molecule has 0 saturated carbocycles. The van der Waals surface area contributed by atoms with E-state index in [1.807, 2.05) is 60.8 Å². The molecule has 0 bridgehead atoms. The number of carbonyl (C=O) groups is 3. The number of quaternary nitrogens is 1. The highest BCUT2D eigenvalue weighted by atomic mass is 16.6. The molecule has 8 nitrogen and oxygen atoms in total. The van der Waals surface area contributed by atoms with E-state index in [4.69, 9.17) is 14.2 Å². The van der Waals surface area contributed by atoms with E-state index >= 15 is 0 Å². The number of hydrogen-bond acceptors (Lipinski definition) is 7. The third-order valence-electron chi connectivity index (χ3n) is 9.64. The van der Waals surface area contributed by atoms with Crippen LogP contribution in [-0.4, -0.2) is 75.5 Å². The van der Waals surface area contributed by atoms with E-state index in [0.29, 0.717) is 6.42 Å². The zero-order chi connectivity index (χ0) is 43.5. The Balaban J connectivity index is 4.47. The molecule has 2 atom stereocenters. The van der Waals surface area contributed by atoms with Crippen molar-refractivity contribution in [1.29, 1.82) is 0 Å². The molecule has 0 amide bonds. The summed E-state index contributed by atoms with van der Waals surface area (Å²) in [5.74, 6) is -1.83. The number of allylic oxidation sites excluding steroid dienone is 16. The van der Waals surface area contributed by atoms with Crippen molar-refractivity contribution in [2.24, 2.45) is 0 Å². The van der Waals surface area contributed by atoms with E-state index in [1.54, 1.807) is 21.1 Å². The lowest BCUT2D eigenvalue weighted by Crippen LogP contribution is -2.55. The Morgan fingerprint density at radius 2 is 0.949 bits per heavy atom. The van der Waals surface area contributed by atoms with Crippen LogP contribution in [-0.2, 0) is 28.6 Å². The Bertz CT molecular complexity index is 1280. The second-order valence-corrected chi connectivity index (χ2v) is 16.1. The van der Waals surface area contributed by atoms with Crippen LogP contribution in [0.2, 0.25) is 0 Å². The molecule has 0 rings (SSSR count). The molecule has 0 heterocycles. The van der Waals surface area contributed by atoms with Gasteiger partial charge in [-0.3, -0.25) is 9.59 Å². The monoisotopic (exact) mass is 822 g/mol. The summed E-state index contributed by atoms with van der Waals surface area (Å²) in [4.78, 5) is 36.9. The molecule has 2 unspecified atom stereocenters. The number of carboxylic acids is 1. The highest BCUT2D eigenvalue weighted by Crippen LogP contribution is 2.12. The maximum atomic E-state index is 12.7. The van der Waals surface area contributed by atoms with Crippen molar-refractivity contribution in [2.45, 2.75) is 167 Å². The molecular formula is C51H83NO7. The van der Waals surface area contributed by atoms with Gasteiger partial charge in [-0.1, -0.05) is 175 Å². The smallest absolute Gasteiger partial charge is 0.306 e. The molecule has 0 fully saturated rings. The molecule has 0 radical (unpaired) electrons. The number of unbranched alkanes of at least 4 members (excludes halogenated alkanes) is 15. The molecule has 0 spiro atoms. The fourth-order valence-electron chi connectivity index (χ4n) is 6.09. The van der Waals surface area contributed by atoms with Crippen LogP contribution >= 0.6 is 0 Å². The Labute approximate surface area is 360 Å². The Morgan fingerprint density at radius 1 is 0.525 bits per heavy atom. The molecule has 0 aliphatic rings. The average molecular weight is 822 g/mol. The van der Waals surface area contributed by atoms with Crippen molar-refractivity contribution in [3.63, 3.8) is 0 Å². The number of nitrogens with zero attached hydrogens (tertiary/aromatic N) is 1. The van der Waals surface area contributed by atoms with Crippen molar-refractivity contribution >= 4 is 17.9 Å². The summed E-state index contributed by atoms with van der Waals surface area (Å²) in [6.07, 6.45) is 54.3. The predicted molar refractivity (Wildman–Crippen MR) is 245 cm³/mol. The molecule has 0 saturated heterocycles. The van der Waals surface area contributed by atoms with Crippen LogP contribution in [0.15, 0.2) is 97.2 Å². The number of aliphatic carboxylic acids is 1. The standard InChI is InChI=1S/C51H83NO7/c1-6-8-10-12-14-16-18-20-22-24-26-28-30-32-34-36-38-40-42-50(54)59-47(45-57-44-43-48(51(55)56)52(3,4)5)46-58-49(53)41-39-37-35-33-31-29-27-25-23-21-19-17-15-13-11-9-7-2/h9,11,13,15,17,19,21-29,31,47-48H,6-8,10,12,14,16,18,20,30,32-46H2,1-5H3/b11-9+,15-13+,19-17+,23-21+,24-22+,27-25+,28-26+,31-29+. The largest absolute Gasteiger partial charge is 0.544 e. The van der Waals surface area contributed by atoms with Crippen LogP contribution in [0.25, 0.3) is 0 Å². The number of rotatable bonds is 39. The number of carbonyl (C=O) groups excluding carboxylic acids is 3. The minimum Gasteiger partial charge on any atom is -0.544 e. The fraction of sp³-hybridized carbons (Fsp3) is 0.627. The van der Waals surface area contributed by atoms with Gasteiger partial charge in [-0.2, -0.15) is 0 Å². The normalized spacial score (nSPS) is 13.8. The summed E-state index contributed by atoms with van der Waals surface area (Å²) < 4.78 is 17.1. The Morgan fingerprint density at radius 3 is 1.44 bits per heavy atom. The lowest BCUT2D eigenvalue weighted by molar-refractivity contribution is -0.889. The molecule has 0 aromatic rings. The van der Waals surface area contributed by atoms with Gasteiger partial charge in [0.25, 0.3) is 0 Å². The summed E-state index contributed by atoms with van der Waals surface area (Å²) in [6, 6.07) is -0.742. The Hall–Kier alpha value is -3.75. The van der Waals surface area contributed by atoms with Crippen LogP contribution in [0.5, 0.6) is 0 Å². The maximum absolute atomic E-state index is 12.7. The SMILES string of the molecule is CC/C=C/C=C/C=C/C=C/C=C/C=C/CCCCCC(=O)OCC(COCCC(C(=O)[O-])[N+](C)(C)C)OC(=O)CCCCCCC/C=C/C=C/CCCCCCCCC. The van der Waals surface area contributed by atoms with E-state index in [1.165, 1.54) is 44.9 Å². The van der Waals surface area contributed by atoms with Crippen LogP contribution in [0.3, 0.4) is 0 Å². The predicted octanol–water partition coefficient (Wildman–Crippen LogP) is 11.4. The molecule has 8 heteroatoms. The van der Waals surface area contributed by atoms with Crippen LogP contribution < -0.4 is 5.11 Å². The molecule has 0 aromatic carbocycles. The summed E-state index contributed by atoms with van der Waals surface area (Å²) in [6.45, 7) is 4.43. The van der Waals surface area contributed by atoms with Gasteiger partial charge < -0.3 is 28.6 Å². The van der Waals surface area contributed by atoms with Gasteiger partial charge in [-0.15, -0.1) is 0 Å². The van der Waals surface area contributed by atoms with Gasteiger partial charge in [0.15, 0.2) is 6.10 Å². The van der Waals surface area contributed by atoms with Gasteiger partial charge in [-0.05, 0) is 57.8 Å². The average Bonchev–Trinajstić information content (AvgIpc) is 3.19. The zero-order valence-corrected chi connectivity index (χ0v) is 37.9. The van der Waals surface area contributed by atoms with Crippen LogP contribution in [0.1, 0.15) is 155 Å². The molecule has 0 aliphatic heterocycles. The minimum atomic E-state index is -1.14. The summed E-state index contributed by atoms with van der Waals surface area (Å²) in [7, 11) is 5.38. The third-order valence-corrected chi connectivity index (χ3v) is 9.64. The topological polar surface area (TPSA) is 102 Å². The van der Waals surface area contributed by atoms with Gasteiger partial charge in [0.1, 0.15) is 12.6 Å². The van der Waals surface area contributed by atoms with Gasteiger partial charge in [0.05, 0.1) is 40.3 Å². The van der Waals surface area contributed by atoms with E-state index in [9.17, 15) is 19.5 Å². The highest BCUT2D eigenvalue weighted by molar-refractivity contribution is 5.70. The molecule has 334 valence electrons. The molecular weight excluding hydrogens is 739 g/mol. The van der Waals surface area contributed by atoms with Crippen molar-refractivity contribution < 1.29 is 38.2 Å². The van der Waals surface area contributed by atoms with Crippen LogP contribution in [0, 0.1) is 0 Å². The first-order valence-corrected chi connectivity index (χ1v) is 22.9. The fourth-order valence-corrected chi connectivity index (χ4v) is 6.09. The summed E-state index contributed by atoms with van der Waals surface area (Å²) in [5, 5.41) is 11.6. The number of hydrogen-bond donors (Lipinski definition) is 0. The second-order valence-electron chi connectivity index (χ2n) is 16.1. The van der Waals surface area contributed by atoms with Gasteiger partial charge >= 0.3 is 11.9 Å². The lowest BCUT2D eigenvalue weighted by atomic mass is 10.1. The highest BCUT2D eigenvalue weighted by Gasteiger charge is 2.25. The number of likely N-dealkylation sites (N-methyl/N-ethyl adjacent to an activating group) is 1. The quantitative estimate of drug-likeness (QED) is 0.0263. The van der Waals surface area contributed by atoms with Gasteiger partial charge in [0.2, 0.25) is 0 Å². The molecule has 0 aromatic heterocycles. The van der Waals surface area contributed by atoms with Crippen molar-refractivity contribution in [3.8, 4) is 0 Å². The van der Waals surface area contributed by atoms with Crippen molar-refractivity contribution in [3.05, 3.63) is 97.2 Å². The summed E-state index contributed by atoms with van der Waals surface area (Å²) in [5.41, 5.74) is 0. The first-order chi connectivity index (χ1) is 28.6. The minimum absolute atomic E-state index is 0.0132. The van der Waals surface area contributed by atoms with E-state index in [0.717, 1.165) is 70.6 Å². The first-order valence-electron chi connectivity index (χ1n) is 22.9. The second kappa shape index (κ2) is 41.0. The van der Waals surface area contributed by atoms with Gasteiger partial charge in [-0.25, -0.2) is 0 Å². The molecule has 0 N–H and O–H groups in total. The number of ether oxygens (including phenoxy) is 3. The lowest BCUT2D eigenvalue weighted by Gasteiger charge is -2.34. The number of carboxylic acid groups (broad SMARTS) is 1. The van der Waals surface area contributed by atoms with Gasteiger partial charge in [0, 0.05) is 19.3 Å². The maximum Gasteiger partial charge on any atom is 0.306 e. The number of esters is 2. The van der Waals surface area contributed by atoms with E-state index in [-0.39, 0.29) is 55.5 Å². The summed E-state index contributed by atoms with van der Waals surface area (Å²) >= 11 is 0. The molecule has 59 heavy (non-hydrogen) atoms. The van der Waals surface area contributed by atoms with Crippen LogP contribution in [0.4, 0.5) is 0 Å². The first kappa shape index (κ1) is 55.2. The zero-order valence-electron chi connectivity index (χ0n) is 37.9. The van der Waals surface area contributed by atoms with E-state index < -0.39 is 18.1 Å². The van der Waals surface area contributed by atoms with Crippen molar-refractivity contribution in [1.82, 2.24) is 0 Å². The Kier molecular flexibility index (Phi) is 38.4. The van der Waals surface area contributed by atoms with Crippen molar-refractivity contribution in [2.75, 3.05) is 41.0 Å². The third kappa shape index (κ3) is 39.5.